The number of carboxylic acid groups (broad SMARTS) is 1. The average Bonchev–Trinajstić information content (AvgIpc) is 2.33. The first kappa shape index (κ1) is 17.2. The van der Waals surface area contributed by atoms with Crippen molar-refractivity contribution in [1.29, 1.82) is 0 Å². The smallest absolute Gasteiger partial charge is 0.309 e. The molecule has 21 heavy (non-hydrogen) atoms. The van der Waals surface area contributed by atoms with Crippen molar-refractivity contribution in [2.24, 2.45) is 5.41 Å². The monoisotopic (exact) mass is 291 g/mol. The summed E-state index contributed by atoms with van der Waals surface area (Å²) in [7, 11) is 0. The van der Waals surface area contributed by atoms with Gasteiger partial charge in [0.05, 0.1) is 11.8 Å². The van der Waals surface area contributed by atoms with Crippen LogP contribution in [0, 0.1) is 26.2 Å². The van der Waals surface area contributed by atoms with Crippen LogP contribution in [0.4, 0.5) is 0 Å². The fraction of sp³-hybridized carbons (Fsp3) is 0.529. The molecule has 1 aromatic rings. The highest BCUT2D eigenvalue weighted by Gasteiger charge is 2.26. The number of carboxylic acids is 1. The predicted molar refractivity (Wildman–Crippen MR) is 83.4 cm³/mol. The fourth-order valence-electron chi connectivity index (χ4n) is 2.33. The van der Waals surface area contributed by atoms with Gasteiger partial charge in [0.15, 0.2) is 0 Å². The van der Waals surface area contributed by atoms with Crippen LogP contribution in [-0.4, -0.2) is 23.5 Å². The highest BCUT2D eigenvalue weighted by Crippen LogP contribution is 2.20. The molecule has 0 aliphatic carbocycles. The highest BCUT2D eigenvalue weighted by molar-refractivity contribution is 5.79. The SMILES string of the molecule is Cc1cc(C)c(CC(=O)NCCC(C)(C)C(=O)O)c(C)c1. The number of aliphatic carboxylic acids is 1. The molecule has 116 valence electrons. The number of amides is 1. The molecular weight excluding hydrogens is 266 g/mol. The Hall–Kier alpha value is -1.84. The summed E-state index contributed by atoms with van der Waals surface area (Å²) < 4.78 is 0. The quantitative estimate of drug-likeness (QED) is 0.847. The maximum Gasteiger partial charge on any atom is 0.309 e. The van der Waals surface area contributed by atoms with Gasteiger partial charge in [-0.15, -0.1) is 0 Å². The second kappa shape index (κ2) is 6.74. The van der Waals surface area contributed by atoms with Crippen LogP contribution in [0.25, 0.3) is 0 Å². The van der Waals surface area contributed by atoms with Crippen LogP contribution in [0.15, 0.2) is 12.1 Å². The van der Waals surface area contributed by atoms with Gasteiger partial charge >= 0.3 is 5.97 Å². The van der Waals surface area contributed by atoms with Crippen molar-refractivity contribution < 1.29 is 14.7 Å². The molecule has 1 rings (SSSR count). The summed E-state index contributed by atoms with van der Waals surface area (Å²) in [5.74, 6) is -0.909. The third-order valence-electron chi connectivity index (χ3n) is 3.83. The van der Waals surface area contributed by atoms with Gasteiger partial charge < -0.3 is 10.4 Å². The van der Waals surface area contributed by atoms with Gasteiger partial charge in [0.1, 0.15) is 0 Å². The third-order valence-corrected chi connectivity index (χ3v) is 3.83. The fourth-order valence-corrected chi connectivity index (χ4v) is 2.33. The Morgan fingerprint density at radius 2 is 1.67 bits per heavy atom. The molecule has 4 heteroatoms. The van der Waals surface area contributed by atoms with Crippen molar-refractivity contribution in [2.75, 3.05) is 6.54 Å². The van der Waals surface area contributed by atoms with Gasteiger partial charge in [-0.25, -0.2) is 0 Å². The molecule has 0 radical (unpaired) electrons. The van der Waals surface area contributed by atoms with E-state index in [1.165, 1.54) is 5.56 Å². The summed E-state index contributed by atoms with van der Waals surface area (Å²) in [6, 6.07) is 4.15. The normalized spacial score (nSPS) is 11.3. The minimum Gasteiger partial charge on any atom is -0.481 e. The van der Waals surface area contributed by atoms with E-state index < -0.39 is 11.4 Å². The van der Waals surface area contributed by atoms with Gasteiger partial charge in [-0.05, 0) is 57.7 Å². The Morgan fingerprint density at radius 3 is 2.14 bits per heavy atom. The molecule has 0 fully saturated rings. The first-order valence-corrected chi connectivity index (χ1v) is 7.20. The Balaban J connectivity index is 2.58. The molecule has 0 saturated heterocycles. The molecule has 0 heterocycles. The van der Waals surface area contributed by atoms with Gasteiger partial charge in [-0.2, -0.15) is 0 Å². The maximum atomic E-state index is 12.0. The van der Waals surface area contributed by atoms with Crippen molar-refractivity contribution >= 4 is 11.9 Å². The maximum absolute atomic E-state index is 12.0. The number of aryl methyl sites for hydroxylation is 3. The van der Waals surface area contributed by atoms with Crippen LogP contribution >= 0.6 is 0 Å². The molecule has 0 aliphatic rings. The lowest BCUT2D eigenvalue weighted by atomic mass is 9.89. The number of nitrogens with one attached hydrogen (secondary N) is 1. The minimum absolute atomic E-state index is 0.0637. The Kier molecular flexibility index (Phi) is 5.53. The zero-order valence-electron chi connectivity index (χ0n) is 13.5. The predicted octanol–water partition coefficient (Wildman–Crippen LogP) is 2.77. The van der Waals surface area contributed by atoms with E-state index in [1.54, 1.807) is 13.8 Å². The van der Waals surface area contributed by atoms with Crippen LogP contribution in [0.2, 0.25) is 0 Å². The standard InChI is InChI=1S/C17H25NO3/c1-11-8-12(2)14(13(3)9-11)10-15(19)18-7-6-17(4,5)16(20)21/h8-9H,6-7,10H2,1-5H3,(H,18,19)(H,20,21). The highest BCUT2D eigenvalue weighted by atomic mass is 16.4. The van der Waals surface area contributed by atoms with E-state index >= 15 is 0 Å². The molecule has 0 atom stereocenters. The van der Waals surface area contributed by atoms with Gasteiger partial charge in [0.25, 0.3) is 0 Å². The van der Waals surface area contributed by atoms with Crippen molar-refractivity contribution in [1.82, 2.24) is 5.32 Å². The number of hydrogen-bond donors (Lipinski definition) is 2. The number of carbonyl (C=O) groups excluding carboxylic acids is 1. The molecule has 2 N–H and O–H groups in total. The van der Waals surface area contributed by atoms with Crippen molar-refractivity contribution in [2.45, 2.75) is 47.5 Å². The Labute approximate surface area is 126 Å². The van der Waals surface area contributed by atoms with E-state index in [9.17, 15) is 9.59 Å². The summed E-state index contributed by atoms with van der Waals surface area (Å²) in [5.41, 5.74) is 3.66. The van der Waals surface area contributed by atoms with E-state index in [2.05, 4.69) is 17.4 Å². The summed E-state index contributed by atoms with van der Waals surface area (Å²) in [4.78, 5) is 23.0. The average molecular weight is 291 g/mol. The van der Waals surface area contributed by atoms with E-state index in [0.29, 0.717) is 19.4 Å². The molecule has 0 bridgehead atoms. The van der Waals surface area contributed by atoms with E-state index in [4.69, 9.17) is 5.11 Å². The van der Waals surface area contributed by atoms with E-state index in [1.807, 2.05) is 20.8 Å². The largest absolute Gasteiger partial charge is 0.481 e. The Bertz CT molecular complexity index is 524. The Morgan fingerprint density at radius 1 is 1.14 bits per heavy atom. The second-order valence-corrected chi connectivity index (χ2v) is 6.34. The van der Waals surface area contributed by atoms with Crippen LogP contribution < -0.4 is 5.32 Å². The molecule has 1 aromatic carbocycles. The van der Waals surface area contributed by atoms with Crippen LogP contribution in [0.3, 0.4) is 0 Å². The first-order chi connectivity index (χ1) is 9.63. The second-order valence-electron chi connectivity index (χ2n) is 6.34. The summed E-state index contributed by atoms with van der Waals surface area (Å²) >= 11 is 0. The number of hydrogen-bond acceptors (Lipinski definition) is 2. The summed E-state index contributed by atoms with van der Waals surface area (Å²) in [5, 5.41) is 11.8. The lowest BCUT2D eigenvalue weighted by molar-refractivity contribution is -0.147. The van der Waals surface area contributed by atoms with Crippen LogP contribution in [-0.2, 0) is 16.0 Å². The van der Waals surface area contributed by atoms with Crippen LogP contribution in [0.1, 0.15) is 42.5 Å². The molecule has 4 nitrogen and oxygen atoms in total. The van der Waals surface area contributed by atoms with E-state index in [0.717, 1.165) is 16.7 Å². The topological polar surface area (TPSA) is 66.4 Å². The molecule has 0 unspecified atom stereocenters. The van der Waals surface area contributed by atoms with Gasteiger partial charge in [-0.3, -0.25) is 9.59 Å². The van der Waals surface area contributed by atoms with Crippen molar-refractivity contribution in [3.05, 3.63) is 34.4 Å². The number of carbonyl (C=O) groups is 2. The zero-order chi connectivity index (χ0) is 16.2. The molecule has 0 spiro atoms. The van der Waals surface area contributed by atoms with Crippen molar-refractivity contribution in [3.63, 3.8) is 0 Å². The molecule has 0 aliphatic heterocycles. The summed E-state index contributed by atoms with van der Waals surface area (Å²) in [6.07, 6.45) is 0.755. The van der Waals surface area contributed by atoms with Crippen molar-refractivity contribution in [3.8, 4) is 0 Å². The molecule has 0 aromatic heterocycles. The van der Waals surface area contributed by atoms with E-state index in [-0.39, 0.29) is 5.91 Å². The molecule has 0 saturated carbocycles. The van der Waals surface area contributed by atoms with Gasteiger partial charge in [0, 0.05) is 6.54 Å². The molecule has 1 amide bonds. The van der Waals surface area contributed by atoms with Gasteiger partial charge in [0.2, 0.25) is 5.91 Å². The first-order valence-electron chi connectivity index (χ1n) is 7.20. The van der Waals surface area contributed by atoms with Gasteiger partial charge in [-0.1, -0.05) is 17.7 Å². The lowest BCUT2D eigenvalue weighted by Crippen LogP contribution is -2.32. The summed E-state index contributed by atoms with van der Waals surface area (Å²) in [6.45, 7) is 9.76. The zero-order valence-corrected chi connectivity index (χ0v) is 13.5. The van der Waals surface area contributed by atoms with Crippen LogP contribution in [0.5, 0.6) is 0 Å². The third kappa shape index (κ3) is 4.88. The number of benzene rings is 1. The molecular formula is C17H25NO3. The number of rotatable bonds is 6. The lowest BCUT2D eigenvalue weighted by Gasteiger charge is -2.19. The minimum atomic E-state index is -0.845.